The van der Waals surface area contributed by atoms with Crippen molar-refractivity contribution in [3.63, 3.8) is 0 Å². The third kappa shape index (κ3) is 1.54. The van der Waals surface area contributed by atoms with Gasteiger partial charge in [0.1, 0.15) is 11.0 Å². The highest BCUT2D eigenvalue weighted by Crippen LogP contribution is 2.28. The van der Waals surface area contributed by atoms with E-state index >= 15 is 0 Å². The molecule has 110 valence electrons. The molecule has 5 aromatic heterocycles. The highest BCUT2D eigenvalue weighted by Gasteiger charge is 2.18. The zero-order valence-corrected chi connectivity index (χ0v) is 11.1. The highest BCUT2D eigenvalue weighted by atomic mass is 19.1. The van der Waals surface area contributed by atoms with E-state index in [1.165, 1.54) is 24.8 Å². The van der Waals surface area contributed by atoms with Crippen LogP contribution in [-0.2, 0) is 0 Å². The van der Waals surface area contributed by atoms with Crippen molar-refractivity contribution < 1.29 is 8.78 Å². The molecule has 0 bridgehead atoms. The van der Waals surface area contributed by atoms with Gasteiger partial charge in [0.2, 0.25) is 0 Å². The first-order valence-electron chi connectivity index (χ1n) is 6.48. The molecule has 23 heavy (non-hydrogen) atoms. The lowest BCUT2D eigenvalue weighted by atomic mass is 10.2. The normalized spacial score (nSPS) is 11.9. The van der Waals surface area contributed by atoms with E-state index in [-0.39, 0.29) is 11.0 Å². The Morgan fingerprint density at radius 1 is 0.739 bits per heavy atom. The minimum absolute atomic E-state index is 0.145. The van der Waals surface area contributed by atoms with Gasteiger partial charge in [-0.1, -0.05) is 0 Å². The summed E-state index contributed by atoms with van der Waals surface area (Å²) in [6, 6.07) is 0. The van der Waals surface area contributed by atoms with Crippen LogP contribution >= 0.6 is 0 Å². The number of aromatic nitrogens is 8. The third-order valence-electron chi connectivity index (χ3n) is 3.50. The second-order valence-corrected chi connectivity index (χ2v) is 4.75. The molecule has 0 aliphatic rings. The van der Waals surface area contributed by atoms with Crippen LogP contribution in [0.3, 0.4) is 0 Å². The van der Waals surface area contributed by atoms with Crippen molar-refractivity contribution in [2.24, 2.45) is 0 Å². The lowest BCUT2D eigenvalue weighted by Gasteiger charge is -2.06. The monoisotopic (exact) mass is 310 g/mol. The second kappa shape index (κ2) is 4.06. The molecule has 5 rings (SSSR count). The van der Waals surface area contributed by atoms with Gasteiger partial charge in [0.15, 0.2) is 16.9 Å². The zero-order chi connectivity index (χ0) is 15.6. The van der Waals surface area contributed by atoms with Crippen molar-refractivity contribution in [3.8, 4) is 0 Å². The Morgan fingerprint density at radius 3 is 2.35 bits per heavy atom. The summed E-state index contributed by atoms with van der Waals surface area (Å²) >= 11 is 0. The van der Waals surface area contributed by atoms with Crippen LogP contribution < -0.4 is 0 Å². The Labute approximate surface area is 124 Å². The summed E-state index contributed by atoms with van der Waals surface area (Å²) in [4.78, 5) is 27.4. The number of imidazole rings is 1. The van der Waals surface area contributed by atoms with Crippen LogP contribution in [0.1, 0.15) is 0 Å². The average molecular weight is 310 g/mol. The van der Waals surface area contributed by atoms with Crippen molar-refractivity contribution in [3.05, 3.63) is 36.9 Å². The molecule has 0 radical (unpaired) electrons. The molecule has 0 spiro atoms. The van der Waals surface area contributed by atoms with Crippen LogP contribution in [0, 0.1) is 12.2 Å². The summed E-state index contributed by atoms with van der Waals surface area (Å²) in [6.45, 7) is 0. The highest BCUT2D eigenvalue weighted by molar-refractivity contribution is 6.09. The quantitative estimate of drug-likeness (QED) is 0.315. The molecule has 0 unspecified atom stereocenters. The molecule has 0 aliphatic carbocycles. The molecule has 0 atom stereocenters. The van der Waals surface area contributed by atoms with Crippen molar-refractivity contribution in [1.29, 1.82) is 0 Å². The minimum Gasteiger partial charge on any atom is -0.271 e. The largest absolute Gasteiger partial charge is 0.309 e. The standard InChI is InChI=1S/C13H4F2N8/c14-12-18-3-5-7(20-12)8-6(4-19-13(15)21-8)23-10(5)22-9-11(23)17-2-1-16-9/h1-4H. The smallest absolute Gasteiger partial charge is 0.271 e. The van der Waals surface area contributed by atoms with E-state index in [4.69, 9.17) is 0 Å². The number of rotatable bonds is 0. The van der Waals surface area contributed by atoms with E-state index in [1.54, 1.807) is 4.40 Å². The number of hydrogen-bond acceptors (Lipinski definition) is 7. The Morgan fingerprint density at radius 2 is 1.48 bits per heavy atom. The maximum Gasteiger partial charge on any atom is 0.309 e. The van der Waals surface area contributed by atoms with E-state index < -0.39 is 12.2 Å². The molecule has 0 aromatic carbocycles. The molecular weight excluding hydrogens is 306 g/mol. The molecule has 0 saturated heterocycles. The predicted octanol–water partition coefficient (Wildman–Crippen LogP) is 1.44. The Hall–Kier alpha value is -3.43. The van der Waals surface area contributed by atoms with Gasteiger partial charge >= 0.3 is 12.2 Å². The summed E-state index contributed by atoms with van der Waals surface area (Å²) in [6.07, 6.45) is 3.70. The first-order valence-corrected chi connectivity index (χ1v) is 6.48. The average Bonchev–Trinajstić information content (AvgIpc) is 2.94. The van der Waals surface area contributed by atoms with Gasteiger partial charge in [-0.2, -0.15) is 18.7 Å². The molecule has 5 heterocycles. The summed E-state index contributed by atoms with van der Waals surface area (Å²) in [7, 11) is 0. The summed E-state index contributed by atoms with van der Waals surface area (Å²) in [5, 5.41) is 0.414. The molecule has 8 nitrogen and oxygen atoms in total. The topological polar surface area (TPSA) is 94.6 Å². The lowest BCUT2D eigenvalue weighted by Crippen LogP contribution is -2.00. The molecule has 10 heteroatoms. The van der Waals surface area contributed by atoms with Crippen LogP contribution in [0.25, 0.3) is 38.9 Å². The molecule has 0 aliphatic heterocycles. The van der Waals surface area contributed by atoms with E-state index in [0.717, 1.165) is 0 Å². The summed E-state index contributed by atoms with van der Waals surface area (Å²) in [5.74, 6) is 0. The van der Waals surface area contributed by atoms with Gasteiger partial charge in [-0.15, -0.1) is 0 Å². The number of hydrogen-bond donors (Lipinski definition) is 0. The second-order valence-electron chi connectivity index (χ2n) is 4.75. The Bertz CT molecular complexity index is 1250. The molecular formula is C13H4F2N8. The van der Waals surface area contributed by atoms with Gasteiger partial charge in [0, 0.05) is 18.6 Å². The first-order chi connectivity index (χ1) is 11.2. The van der Waals surface area contributed by atoms with Gasteiger partial charge in [0.25, 0.3) is 0 Å². The van der Waals surface area contributed by atoms with E-state index in [0.29, 0.717) is 27.8 Å². The van der Waals surface area contributed by atoms with Crippen LogP contribution in [0.4, 0.5) is 8.78 Å². The first kappa shape index (κ1) is 12.1. The maximum atomic E-state index is 13.5. The molecule has 0 N–H and O–H groups in total. The van der Waals surface area contributed by atoms with Crippen LogP contribution in [0.15, 0.2) is 24.8 Å². The van der Waals surface area contributed by atoms with Gasteiger partial charge in [-0.05, 0) is 0 Å². The number of nitrogens with zero attached hydrogens (tertiary/aromatic N) is 8. The molecule has 5 aromatic rings. The number of fused-ring (bicyclic) bond motifs is 8. The number of pyridine rings is 1. The lowest BCUT2D eigenvalue weighted by molar-refractivity contribution is 0.540. The summed E-state index contributed by atoms with van der Waals surface area (Å²) < 4.78 is 28.6. The van der Waals surface area contributed by atoms with Gasteiger partial charge in [0.05, 0.1) is 17.1 Å². The fraction of sp³-hybridized carbons (Fsp3) is 0. The minimum atomic E-state index is -0.937. The SMILES string of the molecule is Fc1ncc2c(n1)c1nc(F)ncc1n1c3nccnc3nc21. The molecule has 0 amide bonds. The van der Waals surface area contributed by atoms with Gasteiger partial charge in [-0.25, -0.2) is 24.9 Å². The van der Waals surface area contributed by atoms with E-state index in [2.05, 4.69) is 34.9 Å². The predicted molar refractivity (Wildman–Crippen MR) is 74.4 cm³/mol. The van der Waals surface area contributed by atoms with Crippen LogP contribution in [0.2, 0.25) is 0 Å². The van der Waals surface area contributed by atoms with Crippen LogP contribution in [-0.4, -0.2) is 39.3 Å². The van der Waals surface area contributed by atoms with Gasteiger partial charge < -0.3 is 0 Å². The van der Waals surface area contributed by atoms with E-state index in [9.17, 15) is 8.78 Å². The fourth-order valence-electron chi connectivity index (χ4n) is 2.62. The van der Waals surface area contributed by atoms with Crippen molar-refractivity contribution in [2.75, 3.05) is 0 Å². The number of halogens is 2. The molecule has 0 saturated carbocycles. The third-order valence-corrected chi connectivity index (χ3v) is 3.50. The van der Waals surface area contributed by atoms with Crippen molar-refractivity contribution in [2.45, 2.75) is 0 Å². The molecule has 0 fully saturated rings. The van der Waals surface area contributed by atoms with Crippen molar-refractivity contribution >= 4 is 38.9 Å². The Kier molecular flexibility index (Phi) is 2.15. The van der Waals surface area contributed by atoms with Crippen LogP contribution in [0.5, 0.6) is 0 Å². The maximum absolute atomic E-state index is 13.5. The zero-order valence-electron chi connectivity index (χ0n) is 11.1. The van der Waals surface area contributed by atoms with Crippen molar-refractivity contribution in [1.82, 2.24) is 39.3 Å². The Balaban J connectivity index is 2.20. The fourth-order valence-corrected chi connectivity index (χ4v) is 2.62. The summed E-state index contributed by atoms with van der Waals surface area (Å²) in [5.41, 5.74) is 1.95. The van der Waals surface area contributed by atoms with Gasteiger partial charge in [-0.3, -0.25) is 4.40 Å². The van der Waals surface area contributed by atoms with E-state index in [1.807, 2.05) is 0 Å².